The van der Waals surface area contributed by atoms with Crippen molar-refractivity contribution in [3.05, 3.63) is 23.8 Å². The average Bonchev–Trinajstić information content (AvgIpc) is 2.39. The number of nitrogens with zero attached hydrogens (tertiary/aromatic N) is 1. The van der Waals surface area contributed by atoms with E-state index in [0.29, 0.717) is 0 Å². The van der Waals surface area contributed by atoms with E-state index < -0.39 is 41.5 Å². The van der Waals surface area contributed by atoms with Gasteiger partial charge in [0.25, 0.3) is 20.2 Å². The van der Waals surface area contributed by atoms with Gasteiger partial charge in [0.05, 0.1) is 22.2 Å². The smallest absolute Gasteiger partial charge is 0.296 e. The molecule has 0 heterocycles. The molecular weight excluding hydrogens is 336 g/mol. The molecule has 0 aliphatic heterocycles. The summed E-state index contributed by atoms with van der Waals surface area (Å²) in [6.45, 7) is 0. The number of rotatable bonds is 2. The highest BCUT2D eigenvalue weighted by Gasteiger charge is 2.23. The Morgan fingerprint density at radius 1 is 1.05 bits per heavy atom. The first kappa shape index (κ1) is 16.0. The summed E-state index contributed by atoms with van der Waals surface area (Å²) in [6.07, 6.45) is 0. The van der Waals surface area contributed by atoms with Crippen molar-refractivity contribution in [1.29, 1.82) is 5.26 Å². The first-order chi connectivity index (χ1) is 9.96. The van der Waals surface area contributed by atoms with E-state index in [1.165, 1.54) is 0 Å². The number of aromatic hydroxyl groups is 1. The van der Waals surface area contributed by atoms with E-state index >= 15 is 0 Å². The number of nitrogen functional groups attached to an aromatic ring is 1. The lowest BCUT2D eigenvalue weighted by Crippen LogP contribution is -2.05. The van der Waals surface area contributed by atoms with Crippen LogP contribution in [0.2, 0.25) is 0 Å². The molecule has 2 aromatic rings. The molecule has 5 N–H and O–H groups in total. The van der Waals surface area contributed by atoms with Crippen LogP contribution in [0.3, 0.4) is 0 Å². The van der Waals surface area contributed by atoms with Gasteiger partial charge in [0.15, 0.2) is 0 Å². The molecule has 0 atom stereocenters. The van der Waals surface area contributed by atoms with Gasteiger partial charge in [-0.1, -0.05) is 0 Å². The number of phenols is 1. The number of benzene rings is 2. The number of hydrogen-bond donors (Lipinski definition) is 4. The highest BCUT2D eigenvalue weighted by molar-refractivity contribution is 7.86. The molecule has 0 unspecified atom stereocenters. The maximum atomic E-state index is 11.2. The van der Waals surface area contributed by atoms with Crippen molar-refractivity contribution in [1.82, 2.24) is 0 Å². The topological polar surface area (TPSA) is 179 Å². The summed E-state index contributed by atoms with van der Waals surface area (Å²) in [5.41, 5.74) is 4.38. The molecule has 0 saturated carbocycles. The maximum Gasteiger partial charge on any atom is 0.296 e. The van der Waals surface area contributed by atoms with Crippen molar-refractivity contribution >= 4 is 36.7 Å². The van der Waals surface area contributed by atoms with Crippen molar-refractivity contribution < 1.29 is 31.0 Å². The molecule has 0 bridgehead atoms. The van der Waals surface area contributed by atoms with Crippen LogP contribution in [0.25, 0.3) is 10.8 Å². The molecule has 0 saturated heterocycles. The minimum absolute atomic E-state index is 0.209. The van der Waals surface area contributed by atoms with Crippen LogP contribution in [0.4, 0.5) is 5.69 Å². The lowest BCUT2D eigenvalue weighted by atomic mass is 10.0. The minimum atomic E-state index is -4.80. The molecule has 116 valence electrons. The standard InChI is InChI=1S/C11H8N2O7S2/c12-4-6-2-7(21(15,16)17)1-5-3-8(22(18,19)20)10(13)11(14)9(5)6/h1-3,14H,13H2,(H,15,16,17)(H,18,19,20). The largest absolute Gasteiger partial charge is 0.505 e. The van der Waals surface area contributed by atoms with Gasteiger partial charge >= 0.3 is 0 Å². The molecule has 9 nitrogen and oxygen atoms in total. The fourth-order valence-corrected chi connectivity index (χ4v) is 3.13. The third kappa shape index (κ3) is 2.55. The zero-order chi connectivity index (χ0) is 16.9. The van der Waals surface area contributed by atoms with E-state index in [9.17, 15) is 21.9 Å². The second kappa shape index (κ2) is 4.82. The summed E-state index contributed by atoms with van der Waals surface area (Å²) in [5, 5.41) is 18.5. The molecular formula is C11H8N2O7S2. The Balaban J connectivity index is 3.10. The van der Waals surface area contributed by atoms with Crippen molar-refractivity contribution in [2.45, 2.75) is 9.79 Å². The van der Waals surface area contributed by atoms with Crippen LogP contribution in [0.1, 0.15) is 5.56 Å². The number of anilines is 1. The molecule has 2 aromatic carbocycles. The quantitative estimate of drug-likeness (QED) is 0.342. The molecule has 0 amide bonds. The van der Waals surface area contributed by atoms with Gasteiger partial charge < -0.3 is 10.8 Å². The molecule has 0 aliphatic carbocycles. The summed E-state index contributed by atoms with van der Waals surface area (Å²) >= 11 is 0. The summed E-state index contributed by atoms with van der Waals surface area (Å²) in [4.78, 5) is -1.53. The van der Waals surface area contributed by atoms with E-state index in [2.05, 4.69) is 0 Å². The third-order valence-corrected chi connectivity index (χ3v) is 4.61. The van der Waals surface area contributed by atoms with Gasteiger partial charge in [-0.05, 0) is 23.6 Å². The molecule has 2 rings (SSSR count). The lowest BCUT2D eigenvalue weighted by Gasteiger charge is -2.11. The van der Waals surface area contributed by atoms with Crippen LogP contribution in [-0.2, 0) is 20.2 Å². The van der Waals surface area contributed by atoms with Crippen LogP contribution in [0, 0.1) is 11.3 Å². The van der Waals surface area contributed by atoms with Gasteiger partial charge in [0, 0.05) is 5.39 Å². The van der Waals surface area contributed by atoms with E-state index in [1.807, 2.05) is 0 Å². The monoisotopic (exact) mass is 344 g/mol. The lowest BCUT2D eigenvalue weighted by molar-refractivity contribution is 0.473. The average molecular weight is 344 g/mol. The molecule has 0 aromatic heterocycles. The molecule has 0 fully saturated rings. The van der Waals surface area contributed by atoms with Crippen molar-refractivity contribution in [3.8, 4) is 11.8 Å². The predicted octanol–water partition coefficient (Wildman–Crippen LogP) is 0.493. The first-order valence-corrected chi connectivity index (χ1v) is 8.29. The number of hydrogen-bond acceptors (Lipinski definition) is 7. The zero-order valence-electron chi connectivity index (χ0n) is 10.5. The minimum Gasteiger partial charge on any atom is -0.505 e. The van der Waals surface area contributed by atoms with Crippen molar-refractivity contribution in [2.75, 3.05) is 5.73 Å². The van der Waals surface area contributed by atoms with Gasteiger partial charge in [0.1, 0.15) is 10.6 Å². The van der Waals surface area contributed by atoms with Gasteiger partial charge in [-0.2, -0.15) is 22.1 Å². The number of nitrogens with two attached hydrogens (primary N) is 1. The Morgan fingerprint density at radius 3 is 2.09 bits per heavy atom. The van der Waals surface area contributed by atoms with Crippen LogP contribution in [0.5, 0.6) is 5.75 Å². The summed E-state index contributed by atoms with van der Waals surface area (Å²) in [5.74, 6) is -0.802. The Labute approximate surface area is 124 Å². The fraction of sp³-hybridized carbons (Fsp3) is 0. The SMILES string of the molecule is N#Cc1cc(S(=O)(=O)O)cc2cc(S(=O)(=O)O)c(N)c(O)c12. The van der Waals surface area contributed by atoms with Crippen LogP contribution in [0.15, 0.2) is 28.0 Å². The van der Waals surface area contributed by atoms with Crippen molar-refractivity contribution in [2.24, 2.45) is 0 Å². The molecule has 0 radical (unpaired) electrons. The number of fused-ring (bicyclic) bond motifs is 1. The van der Waals surface area contributed by atoms with Crippen molar-refractivity contribution in [3.63, 3.8) is 0 Å². The normalized spacial score (nSPS) is 12.2. The van der Waals surface area contributed by atoms with Gasteiger partial charge in [-0.15, -0.1) is 0 Å². The fourth-order valence-electron chi connectivity index (χ4n) is 1.94. The van der Waals surface area contributed by atoms with E-state index in [1.54, 1.807) is 6.07 Å². The Hall–Kier alpha value is -2.39. The first-order valence-electron chi connectivity index (χ1n) is 5.41. The molecule has 11 heteroatoms. The molecule has 0 spiro atoms. The second-order valence-corrected chi connectivity index (χ2v) is 7.08. The summed E-state index contributed by atoms with van der Waals surface area (Å²) in [6, 6.07) is 4.02. The Kier molecular flexibility index (Phi) is 3.50. The highest BCUT2D eigenvalue weighted by Crippen LogP contribution is 2.39. The Morgan fingerprint density at radius 2 is 1.64 bits per heavy atom. The zero-order valence-corrected chi connectivity index (χ0v) is 12.2. The highest BCUT2D eigenvalue weighted by atomic mass is 32.2. The van der Waals surface area contributed by atoms with E-state index in [-0.39, 0.29) is 16.3 Å². The molecule has 22 heavy (non-hydrogen) atoms. The van der Waals surface area contributed by atoms with Gasteiger partial charge in [-0.25, -0.2) is 0 Å². The number of phenolic OH excluding ortho intramolecular Hbond substituents is 1. The van der Waals surface area contributed by atoms with E-state index in [4.69, 9.17) is 20.1 Å². The Bertz CT molecular complexity index is 1050. The predicted molar refractivity (Wildman–Crippen MR) is 74.4 cm³/mol. The van der Waals surface area contributed by atoms with Crippen LogP contribution in [-0.4, -0.2) is 31.0 Å². The van der Waals surface area contributed by atoms with Gasteiger partial charge in [0.2, 0.25) is 0 Å². The van der Waals surface area contributed by atoms with Crippen LogP contribution < -0.4 is 5.73 Å². The maximum absolute atomic E-state index is 11.2. The molecule has 0 aliphatic rings. The van der Waals surface area contributed by atoms with E-state index in [0.717, 1.165) is 18.2 Å². The summed E-state index contributed by atoms with van der Waals surface area (Å²) in [7, 11) is -9.47. The summed E-state index contributed by atoms with van der Waals surface area (Å²) < 4.78 is 62.9. The second-order valence-electron chi connectivity index (χ2n) is 4.27. The van der Waals surface area contributed by atoms with Crippen LogP contribution >= 0.6 is 0 Å². The number of nitriles is 1. The third-order valence-electron chi connectivity index (χ3n) is 2.88. The van der Waals surface area contributed by atoms with Gasteiger partial charge in [-0.3, -0.25) is 9.11 Å².